The third kappa shape index (κ3) is 2.47. The lowest BCUT2D eigenvalue weighted by Crippen LogP contribution is -2.36. The van der Waals surface area contributed by atoms with Crippen molar-refractivity contribution in [3.63, 3.8) is 0 Å². The fraction of sp³-hybridized carbons (Fsp3) is 0.105. The van der Waals surface area contributed by atoms with E-state index in [0.29, 0.717) is 0 Å². The number of benzene rings is 2. The van der Waals surface area contributed by atoms with E-state index in [0.717, 1.165) is 23.0 Å². The Morgan fingerprint density at radius 3 is 2.18 bits per heavy atom. The molecule has 2 aromatic carbocycles. The van der Waals surface area contributed by atoms with E-state index >= 15 is 0 Å². The van der Waals surface area contributed by atoms with Crippen LogP contribution in [0, 0.1) is 0 Å². The van der Waals surface area contributed by atoms with E-state index in [1.54, 1.807) is 0 Å². The number of rotatable bonds is 4. The first-order valence-electron chi connectivity index (χ1n) is 7.11. The Bertz CT molecular complexity index is 735. The van der Waals surface area contributed by atoms with E-state index in [1.807, 2.05) is 78.9 Å². The maximum Gasteiger partial charge on any atom is 0.164 e. The minimum Gasteiger partial charge on any atom is -0.302 e. The van der Waals surface area contributed by atoms with Crippen LogP contribution in [0.5, 0.6) is 0 Å². The zero-order chi connectivity index (χ0) is 15.4. The Morgan fingerprint density at radius 2 is 1.59 bits per heavy atom. The van der Waals surface area contributed by atoms with Crippen LogP contribution in [0.4, 0.5) is 0 Å². The zero-order valence-corrected chi connectivity index (χ0v) is 12.8. The molecule has 0 saturated carbocycles. The first kappa shape index (κ1) is 14.6. The smallest absolute Gasteiger partial charge is 0.164 e. The highest BCUT2D eigenvalue weighted by atomic mass is 31.1. The van der Waals surface area contributed by atoms with Crippen LogP contribution in [0.2, 0.25) is 0 Å². The quantitative estimate of drug-likeness (QED) is 0.618. The third-order valence-corrected chi connectivity index (χ3v) is 4.86. The summed E-state index contributed by atoms with van der Waals surface area (Å²) in [6.07, 6.45) is 6.63. The maximum absolute atomic E-state index is 11.9. The monoisotopic (exact) mass is 306 g/mol. The molecular weight excluding hydrogens is 291 g/mol. The van der Waals surface area contributed by atoms with Gasteiger partial charge in [0.05, 0.1) is 11.1 Å². The van der Waals surface area contributed by atoms with Gasteiger partial charge in [0.2, 0.25) is 0 Å². The van der Waals surface area contributed by atoms with Crippen LogP contribution < -0.4 is 0 Å². The van der Waals surface area contributed by atoms with E-state index in [-0.39, 0.29) is 8.46 Å². The molecule has 0 amide bonds. The molecule has 0 spiro atoms. The van der Waals surface area contributed by atoms with Crippen molar-refractivity contribution in [3.05, 3.63) is 90.0 Å². The summed E-state index contributed by atoms with van der Waals surface area (Å²) in [6, 6.07) is 19.4. The Kier molecular flexibility index (Phi) is 4.13. The number of carbonyl (C=O) groups excluding carboxylic acids is 1. The van der Waals surface area contributed by atoms with Gasteiger partial charge in [-0.15, -0.1) is 0 Å². The minimum atomic E-state index is -0.872. The van der Waals surface area contributed by atoms with Gasteiger partial charge in [-0.2, -0.15) is 0 Å². The fourth-order valence-electron chi connectivity index (χ4n) is 2.80. The van der Waals surface area contributed by atoms with Crippen molar-refractivity contribution in [3.8, 4) is 0 Å². The highest BCUT2D eigenvalue weighted by molar-refractivity contribution is 7.25. The molecule has 2 aromatic rings. The van der Waals surface area contributed by atoms with Crippen molar-refractivity contribution in [2.45, 2.75) is 11.1 Å². The van der Waals surface area contributed by atoms with Gasteiger partial charge in [0.15, 0.2) is 8.46 Å². The normalized spacial score (nSPS) is 24.0. The van der Waals surface area contributed by atoms with Gasteiger partial charge in [-0.05, 0) is 16.7 Å². The predicted octanol–water partition coefficient (Wildman–Crippen LogP) is 4.44. The largest absolute Gasteiger partial charge is 0.302 e. The van der Waals surface area contributed by atoms with Crippen molar-refractivity contribution in [1.29, 1.82) is 0 Å². The number of hydrogen-bond donors (Lipinski definition) is 0. The van der Waals surface area contributed by atoms with E-state index in [2.05, 4.69) is 0 Å². The Hall–Kier alpha value is -2.31. The van der Waals surface area contributed by atoms with Crippen LogP contribution in [0.15, 0.2) is 78.9 Å². The molecule has 1 aliphatic rings. The summed E-state index contributed by atoms with van der Waals surface area (Å²) in [5, 5.41) is 0. The third-order valence-electron chi connectivity index (χ3n) is 4.05. The molecule has 1 aliphatic carbocycles. The van der Waals surface area contributed by atoms with E-state index in [4.69, 9.17) is 0 Å². The summed E-state index contributed by atoms with van der Waals surface area (Å²) in [6.45, 7) is 0. The lowest BCUT2D eigenvalue weighted by Gasteiger charge is -2.31. The van der Waals surface area contributed by atoms with E-state index in [9.17, 15) is 9.36 Å². The molecule has 0 radical (unpaired) electrons. The second-order valence-electron chi connectivity index (χ2n) is 5.29. The molecule has 0 saturated heterocycles. The Morgan fingerprint density at radius 1 is 0.955 bits per heavy atom. The number of allylic oxidation sites excluding steroid dienone is 4. The lowest BCUT2D eigenvalue weighted by molar-refractivity contribution is -0.111. The molecule has 0 aromatic heterocycles. The van der Waals surface area contributed by atoms with Crippen molar-refractivity contribution in [1.82, 2.24) is 0 Å². The van der Waals surface area contributed by atoms with Crippen molar-refractivity contribution in [2.24, 2.45) is 0 Å². The summed E-state index contributed by atoms with van der Waals surface area (Å²) < 4.78 is 11.7. The first-order chi connectivity index (χ1) is 10.8. The molecule has 2 atom stereocenters. The van der Waals surface area contributed by atoms with Crippen LogP contribution in [0.3, 0.4) is 0 Å². The van der Waals surface area contributed by atoms with Gasteiger partial charge in [-0.3, -0.25) is 4.57 Å². The van der Waals surface area contributed by atoms with E-state index in [1.165, 1.54) is 0 Å². The zero-order valence-electron chi connectivity index (χ0n) is 11.9. The summed E-state index contributed by atoms with van der Waals surface area (Å²) in [7, 11) is -0.0628. The Balaban J connectivity index is 2.07. The van der Waals surface area contributed by atoms with Gasteiger partial charge in [0.25, 0.3) is 0 Å². The topological polar surface area (TPSA) is 34.1 Å². The summed E-state index contributed by atoms with van der Waals surface area (Å²) in [5.41, 5.74) is 1.62. The molecule has 22 heavy (non-hydrogen) atoms. The SMILES string of the molecule is O=CC1(c2ccccc2)C=CC(c2ccccc2)=CC1P=O. The Labute approximate surface area is 131 Å². The van der Waals surface area contributed by atoms with Crippen molar-refractivity contribution >= 4 is 20.3 Å². The molecule has 0 fully saturated rings. The van der Waals surface area contributed by atoms with Gasteiger partial charge >= 0.3 is 0 Å². The lowest BCUT2D eigenvalue weighted by atomic mass is 9.74. The molecule has 0 aliphatic heterocycles. The van der Waals surface area contributed by atoms with Crippen LogP contribution in [0.25, 0.3) is 5.57 Å². The second kappa shape index (κ2) is 6.21. The number of aldehydes is 1. The average molecular weight is 306 g/mol. The molecule has 0 N–H and O–H groups in total. The molecule has 0 heterocycles. The van der Waals surface area contributed by atoms with Gasteiger partial charge < -0.3 is 4.79 Å². The van der Waals surface area contributed by atoms with Gasteiger partial charge in [-0.25, -0.2) is 0 Å². The maximum atomic E-state index is 11.9. The minimum absolute atomic E-state index is 0.0628. The van der Waals surface area contributed by atoms with Gasteiger partial charge in [0, 0.05) is 0 Å². The summed E-state index contributed by atoms with van der Waals surface area (Å²) in [5.74, 6) is 0. The molecule has 2 nitrogen and oxygen atoms in total. The standard InChI is InChI=1S/C19H15O2P/c20-14-19(17-9-5-2-6-10-17)12-11-16(13-18(19)22-21)15-7-3-1-4-8-15/h1-14,18H. The highest BCUT2D eigenvalue weighted by Crippen LogP contribution is 2.40. The fourth-order valence-corrected chi connectivity index (χ4v) is 3.49. The highest BCUT2D eigenvalue weighted by Gasteiger charge is 2.39. The van der Waals surface area contributed by atoms with Crippen LogP contribution in [-0.4, -0.2) is 11.9 Å². The van der Waals surface area contributed by atoms with Gasteiger partial charge in [-0.1, -0.05) is 78.9 Å². The van der Waals surface area contributed by atoms with Crippen LogP contribution in [-0.2, 0) is 14.8 Å². The predicted molar refractivity (Wildman–Crippen MR) is 89.1 cm³/mol. The van der Waals surface area contributed by atoms with E-state index < -0.39 is 11.1 Å². The molecular formula is C19H15O2P. The van der Waals surface area contributed by atoms with Gasteiger partial charge in [0.1, 0.15) is 6.29 Å². The van der Waals surface area contributed by atoms with Crippen LogP contribution >= 0.6 is 8.46 Å². The second-order valence-corrected chi connectivity index (χ2v) is 6.06. The van der Waals surface area contributed by atoms with Crippen molar-refractivity contribution in [2.75, 3.05) is 0 Å². The average Bonchev–Trinajstić information content (AvgIpc) is 2.62. The molecule has 3 rings (SSSR count). The molecule has 2 unspecified atom stereocenters. The molecule has 108 valence electrons. The van der Waals surface area contributed by atoms with Crippen LogP contribution in [0.1, 0.15) is 11.1 Å². The van der Waals surface area contributed by atoms with Crippen molar-refractivity contribution < 1.29 is 9.36 Å². The molecule has 3 heteroatoms. The number of carbonyl (C=O) groups is 1. The summed E-state index contributed by atoms with van der Waals surface area (Å²) >= 11 is 0. The summed E-state index contributed by atoms with van der Waals surface area (Å²) in [4.78, 5) is 11.9. The molecule has 0 bridgehead atoms. The first-order valence-corrected chi connectivity index (χ1v) is 7.99. The number of hydrogen-bond acceptors (Lipinski definition) is 2.